The molecule has 1 N–H and O–H groups in total. The third-order valence-electron chi connectivity index (χ3n) is 4.50. The van der Waals surface area contributed by atoms with Crippen molar-refractivity contribution < 1.29 is 14.2 Å². The normalized spacial score (nSPS) is 16.7. The van der Waals surface area contributed by atoms with E-state index < -0.39 is 6.10 Å². The molecule has 3 rings (SSSR count). The van der Waals surface area contributed by atoms with Gasteiger partial charge in [-0.15, -0.1) is 0 Å². The Balaban J connectivity index is 1.42. The lowest BCUT2D eigenvalue weighted by Crippen LogP contribution is -2.49. The molecule has 0 aromatic heterocycles. The number of hydrogen-bond donors (Lipinski definition) is 1. The van der Waals surface area contributed by atoms with Gasteiger partial charge in [0.1, 0.15) is 24.3 Å². The molecule has 0 radical (unpaired) electrons. The zero-order valence-electron chi connectivity index (χ0n) is 14.6. The maximum Gasteiger partial charge on any atom is 0.146 e. The van der Waals surface area contributed by atoms with E-state index in [0.29, 0.717) is 12.2 Å². The number of aliphatic hydroxyl groups excluding tert-OH is 1. The van der Waals surface area contributed by atoms with Gasteiger partial charge in [-0.1, -0.05) is 29.8 Å². The summed E-state index contributed by atoms with van der Waals surface area (Å²) in [6, 6.07) is 14.7. The van der Waals surface area contributed by atoms with Crippen LogP contribution in [0.4, 0.5) is 10.1 Å². The highest BCUT2D eigenvalue weighted by atomic mass is 19.1. The molecule has 0 spiro atoms. The van der Waals surface area contributed by atoms with Crippen molar-refractivity contribution in [3.05, 3.63) is 59.9 Å². The lowest BCUT2D eigenvalue weighted by molar-refractivity contribution is 0.0662. The molecule has 5 heteroatoms. The molecule has 0 aliphatic carbocycles. The molecule has 1 heterocycles. The highest BCUT2D eigenvalue weighted by molar-refractivity contribution is 5.48. The van der Waals surface area contributed by atoms with Crippen LogP contribution in [-0.2, 0) is 0 Å². The van der Waals surface area contributed by atoms with E-state index in [1.54, 1.807) is 6.07 Å². The molecule has 134 valence electrons. The minimum atomic E-state index is -0.540. The summed E-state index contributed by atoms with van der Waals surface area (Å²) in [4.78, 5) is 4.25. The molecule has 1 saturated heterocycles. The monoisotopic (exact) mass is 344 g/mol. The molecular formula is C20H25FN2O2. The molecule has 4 nitrogen and oxygen atoms in total. The Hall–Kier alpha value is -2.11. The number of anilines is 1. The van der Waals surface area contributed by atoms with Crippen molar-refractivity contribution in [2.45, 2.75) is 13.0 Å². The van der Waals surface area contributed by atoms with Crippen molar-refractivity contribution >= 4 is 5.69 Å². The first-order chi connectivity index (χ1) is 12.1. The molecule has 2 aromatic rings. The topological polar surface area (TPSA) is 35.9 Å². The van der Waals surface area contributed by atoms with Crippen molar-refractivity contribution in [2.24, 2.45) is 0 Å². The largest absolute Gasteiger partial charge is 0.491 e. The van der Waals surface area contributed by atoms with E-state index in [4.69, 9.17) is 4.74 Å². The van der Waals surface area contributed by atoms with Crippen LogP contribution in [-0.4, -0.2) is 55.4 Å². The fraction of sp³-hybridized carbons (Fsp3) is 0.400. The van der Waals surface area contributed by atoms with E-state index in [9.17, 15) is 9.50 Å². The maximum absolute atomic E-state index is 13.9. The highest BCUT2D eigenvalue weighted by Crippen LogP contribution is 2.20. The average Bonchev–Trinajstić information content (AvgIpc) is 2.62. The second-order valence-electron chi connectivity index (χ2n) is 6.52. The molecule has 1 atom stereocenters. The second-order valence-corrected chi connectivity index (χ2v) is 6.52. The van der Waals surface area contributed by atoms with Gasteiger partial charge in [0, 0.05) is 32.7 Å². The number of hydrogen-bond acceptors (Lipinski definition) is 4. The fourth-order valence-electron chi connectivity index (χ4n) is 3.06. The molecule has 0 unspecified atom stereocenters. The van der Waals surface area contributed by atoms with Gasteiger partial charge in [0.15, 0.2) is 0 Å². The first kappa shape index (κ1) is 17.7. The summed E-state index contributed by atoms with van der Waals surface area (Å²) in [6.45, 7) is 5.98. The Bertz CT molecular complexity index is 670. The first-order valence-electron chi connectivity index (χ1n) is 8.71. The molecule has 1 aliphatic heterocycles. The average molecular weight is 344 g/mol. The second kappa shape index (κ2) is 8.32. The lowest BCUT2D eigenvalue weighted by Gasteiger charge is -2.36. The number of para-hydroxylation sites is 1. The summed E-state index contributed by atoms with van der Waals surface area (Å²) >= 11 is 0. The van der Waals surface area contributed by atoms with Gasteiger partial charge in [0.05, 0.1) is 5.69 Å². The van der Waals surface area contributed by atoms with Gasteiger partial charge >= 0.3 is 0 Å². The number of benzene rings is 2. The Morgan fingerprint density at radius 1 is 1.04 bits per heavy atom. The van der Waals surface area contributed by atoms with Crippen molar-refractivity contribution in [3.8, 4) is 5.75 Å². The molecule has 2 aromatic carbocycles. The van der Waals surface area contributed by atoms with Crippen molar-refractivity contribution in [1.82, 2.24) is 4.90 Å². The van der Waals surface area contributed by atoms with Crippen molar-refractivity contribution in [2.75, 3.05) is 44.2 Å². The number of aliphatic hydroxyl groups is 1. The van der Waals surface area contributed by atoms with E-state index in [-0.39, 0.29) is 12.4 Å². The van der Waals surface area contributed by atoms with Gasteiger partial charge in [0.25, 0.3) is 0 Å². The lowest BCUT2D eigenvalue weighted by atomic mass is 10.2. The number of rotatable bonds is 6. The Morgan fingerprint density at radius 2 is 1.72 bits per heavy atom. The zero-order chi connectivity index (χ0) is 17.6. The molecular weight excluding hydrogens is 319 g/mol. The van der Waals surface area contributed by atoms with Crippen LogP contribution in [0.5, 0.6) is 5.75 Å². The number of nitrogens with zero attached hydrogens (tertiary/aromatic N) is 2. The van der Waals surface area contributed by atoms with Gasteiger partial charge in [0.2, 0.25) is 0 Å². The molecule has 1 fully saturated rings. The quantitative estimate of drug-likeness (QED) is 0.874. The first-order valence-corrected chi connectivity index (χ1v) is 8.71. The van der Waals surface area contributed by atoms with E-state index >= 15 is 0 Å². The number of halogens is 1. The SMILES string of the molecule is Cc1ccc(OC[C@H](O)CN2CCN(c3ccccc3F)CC2)cc1. The standard InChI is InChI=1S/C20H25FN2O2/c1-16-6-8-18(9-7-16)25-15-17(24)14-22-10-12-23(13-11-22)20-5-3-2-4-19(20)21/h2-9,17,24H,10-15H2,1H3/t17-/m1/s1. The summed E-state index contributed by atoms with van der Waals surface area (Å²) in [5, 5.41) is 10.2. The van der Waals surface area contributed by atoms with Crippen LogP contribution in [0.25, 0.3) is 0 Å². The number of aryl methyl sites for hydroxylation is 1. The summed E-state index contributed by atoms with van der Waals surface area (Å²) in [5.41, 5.74) is 1.84. The van der Waals surface area contributed by atoms with Crippen LogP contribution in [0.3, 0.4) is 0 Å². The molecule has 1 aliphatic rings. The van der Waals surface area contributed by atoms with Crippen LogP contribution >= 0.6 is 0 Å². The summed E-state index contributed by atoms with van der Waals surface area (Å²) < 4.78 is 19.5. The van der Waals surface area contributed by atoms with Crippen LogP contribution < -0.4 is 9.64 Å². The third-order valence-corrected chi connectivity index (χ3v) is 4.50. The number of ether oxygens (including phenoxy) is 1. The summed E-state index contributed by atoms with van der Waals surface area (Å²) in [5.74, 6) is 0.594. The van der Waals surface area contributed by atoms with Gasteiger partial charge < -0.3 is 14.7 Å². The van der Waals surface area contributed by atoms with Crippen LogP contribution in [0, 0.1) is 12.7 Å². The van der Waals surface area contributed by atoms with Crippen LogP contribution in [0.15, 0.2) is 48.5 Å². The van der Waals surface area contributed by atoms with Crippen molar-refractivity contribution in [3.63, 3.8) is 0 Å². The van der Waals surface area contributed by atoms with Gasteiger partial charge in [-0.05, 0) is 31.2 Å². The van der Waals surface area contributed by atoms with Crippen molar-refractivity contribution in [1.29, 1.82) is 0 Å². The minimum Gasteiger partial charge on any atom is -0.491 e. The maximum atomic E-state index is 13.9. The van der Waals surface area contributed by atoms with Crippen LogP contribution in [0.1, 0.15) is 5.56 Å². The Labute approximate surface area is 148 Å². The Kier molecular flexibility index (Phi) is 5.89. The van der Waals surface area contributed by atoms with Gasteiger partial charge in [-0.2, -0.15) is 0 Å². The molecule has 0 amide bonds. The zero-order valence-corrected chi connectivity index (χ0v) is 14.6. The summed E-state index contributed by atoms with van der Waals surface area (Å²) in [6.07, 6.45) is -0.540. The predicted octanol–water partition coefficient (Wildman–Crippen LogP) is 2.70. The number of β-amino-alcohol motifs (C(OH)–C–C–N with tert-alkyl or cyclic N) is 1. The predicted molar refractivity (Wildman–Crippen MR) is 97.7 cm³/mol. The Morgan fingerprint density at radius 3 is 2.40 bits per heavy atom. The number of piperazine rings is 1. The van der Waals surface area contributed by atoms with Gasteiger partial charge in [-0.3, -0.25) is 4.90 Å². The van der Waals surface area contributed by atoms with E-state index in [2.05, 4.69) is 9.80 Å². The van der Waals surface area contributed by atoms with Crippen LogP contribution in [0.2, 0.25) is 0 Å². The van der Waals surface area contributed by atoms with E-state index in [1.165, 1.54) is 11.6 Å². The third kappa shape index (κ3) is 4.94. The molecule has 25 heavy (non-hydrogen) atoms. The minimum absolute atomic E-state index is 0.178. The fourth-order valence-corrected chi connectivity index (χ4v) is 3.06. The smallest absolute Gasteiger partial charge is 0.146 e. The molecule has 0 bridgehead atoms. The van der Waals surface area contributed by atoms with E-state index in [0.717, 1.165) is 31.9 Å². The van der Waals surface area contributed by atoms with E-state index in [1.807, 2.05) is 43.3 Å². The highest BCUT2D eigenvalue weighted by Gasteiger charge is 2.21. The molecule has 0 saturated carbocycles. The van der Waals surface area contributed by atoms with Gasteiger partial charge in [-0.25, -0.2) is 4.39 Å². The summed E-state index contributed by atoms with van der Waals surface area (Å²) in [7, 11) is 0.